The maximum absolute atomic E-state index is 12.1. The molecule has 2 rings (SSSR count). The first-order valence-electron chi connectivity index (χ1n) is 7.89. The molecule has 27 heavy (non-hydrogen) atoms. The lowest BCUT2D eigenvalue weighted by Crippen LogP contribution is -2.39. The second-order valence-electron chi connectivity index (χ2n) is 5.31. The van der Waals surface area contributed by atoms with E-state index in [0.29, 0.717) is 6.54 Å². The lowest BCUT2D eigenvalue weighted by atomic mass is 10.3. The summed E-state index contributed by atoms with van der Waals surface area (Å²) in [5, 5.41) is 25.8. The second kappa shape index (κ2) is 8.86. The summed E-state index contributed by atoms with van der Waals surface area (Å²) in [4.78, 5) is 11.4. The van der Waals surface area contributed by atoms with Gasteiger partial charge in [0.15, 0.2) is 12.7 Å². The van der Waals surface area contributed by atoms with Gasteiger partial charge in [0.25, 0.3) is 15.7 Å². The fraction of sp³-hybridized carbons (Fsp3) is 0.333. The van der Waals surface area contributed by atoms with Gasteiger partial charge in [0.05, 0.1) is 4.90 Å². The zero-order valence-electron chi connectivity index (χ0n) is 14.3. The molecule has 0 aliphatic carbocycles. The third-order valence-corrected chi connectivity index (χ3v) is 4.69. The van der Waals surface area contributed by atoms with Crippen molar-refractivity contribution in [2.24, 2.45) is 0 Å². The second-order valence-corrected chi connectivity index (χ2v) is 6.99. The first kappa shape index (κ1) is 20.0. The molecule has 0 aliphatic rings. The molecular formula is C15H17N5O6S. The molecule has 2 amide bonds. The number of unbranched alkanes of at least 4 members (excludes halogenated alkanes) is 1. The van der Waals surface area contributed by atoms with Crippen LogP contribution in [-0.4, -0.2) is 26.2 Å². The number of aromatic nitrogens is 2. The monoisotopic (exact) mass is 395 g/mol. The average Bonchev–Trinajstić information content (AvgIpc) is 2.99. The number of hydrogen-bond acceptors (Lipinski definition) is 8. The Morgan fingerprint density at radius 2 is 2.11 bits per heavy atom. The highest BCUT2D eigenvalue weighted by Crippen LogP contribution is 2.17. The van der Waals surface area contributed by atoms with Crippen LogP contribution in [0.5, 0.6) is 5.75 Å². The Morgan fingerprint density at radius 1 is 1.41 bits per heavy atom. The number of benzene rings is 1. The summed E-state index contributed by atoms with van der Waals surface area (Å²) in [6.45, 7) is 2.11. The van der Waals surface area contributed by atoms with Gasteiger partial charge in [-0.15, -0.1) is 0 Å². The predicted molar refractivity (Wildman–Crippen MR) is 89.6 cm³/mol. The van der Waals surface area contributed by atoms with Crippen molar-refractivity contribution in [2.45, 2.75) is 31.3 Å². The van der Waals surface area contributed by atoms with Gasteiger partial charge >= 0.3 is 11.7 Å². The number of hydrogen-bond donors (Lipinski definition) is 2. The van der Waals surface area contributed by atoms with Crippen molar-refractivity contribution in [3.05, 3.63) is 40.9 Å². The molecule has 0 saturated carbocycles. The highest BCUT2D eigenvalue weighted by molar-refractivity contribution is 7.90. The number of rotatable bonds is 8. The summed E-state index contributed by atoms with van der Waals surface area (Å²) < 4.78 is 35.8. The van der Waals surface area contributed by atoms with Crippen LogP contribution in [0.3, 0.4) is 0 Å². The fourth-order valence-corrected chi connectivity index (χ4v) is 2.87. The van der Waals surface area contributed by atoms with Crippen molar-refractivity contribution in [1.29, 1.82) is 5.26 Å². The number of nitrogens with one attached hydrogen (secondary N) is 2. The fourth-order valence-electron chi connectivity index (χ4n) is 1.94. The lowest BCUT2D eigenvalue weighted by molar-refractivity contribution is -0.804. The standard InChI is InChI=1S/C15H17N5O6S/c1-2-3-8-17-15(21)19-27(23,24)12-6-4-11(5-7-12)25-10-13-14(9-16)20(22)26-18-13/h4-7H,2-3,8,10H2,1H3,(H2,17,19,21). The van der Waals surface area contributed by atoms with Gasteiger partial charge in [-0.1, -0.05) is 13.3 Å². The van der Waals surface area contributed by atoms with E-state index in [4.69, 9.17) is 10.00 Å². The first-order valence-corrected chi connectivity index (χ1v) is 9.38. The van der Waals surface area contributed by atoms with Crippen LogP contribution in [0.15, 0.2) is 33.8 Å². The summed E-state index contributed by atoms with van der Waals surface area (Å²) in [5.74, 6) is 0.269. The van der Waals surface area contributed by atoms with Gasteiger partial charge in [0.2, 0.25) is 0 Å². The third-order valence-electron chi connectivity index (χ3n) is 3.34. The van der Waals surface area contributed by atoms with Crippen LogP contribution in [-0.2, 0) is 16.6 Å². The minimum absolute atomic E-state index is 0.00890. The number of carbonyl (C=O) groups excluding carboxylic acids is 1. The van der Waals surface area contributed by atoms with Crippen LogP contribution in [0.2, 0.25) is 0 Å². The Bertz CT molecular complexity index is 933. The van der Waals surface area contributed by atoms with Gasteiger partial charge in [-0.3, -0.25) is 4.63 Å². The topological polar surface area (TPSA) is 161 Å². The predicted octanol–water partition coefficient (Wildman–Crippen LogP) is 0.547. The molecule has 0 unspecified atom stereocenters. The Balaban J connectivity index is 1.97. The number of sulfonamides is 1. The van der Waals surface area contributed by atoms with Gasteiger partial charge in [0.1, 0.15) is 5.75 Å². The van der Waals surface area contributed by atoms with Crippen LogP contribution in [0.25, 0.3) is 0 Å². The number of nitrogens with zero attached hydrogens (tertiary/aromatic N) is 3. The van der Waals surface area contributed by atoms with Crippen molar-refractivity contribution in [3.63, 3.8) is 0 Å². The van der Waals surface area contributed by atoms with E-state index in [0.717, 1.165) is 12.8 Å². The van der Waals surface area contributed by atoms with Crippen LogP contribution in [0.4, 0.5) is 4.79 Å². The highest BCUT2D eigenvalue weighted by Gasteiger charge is 2.20. The van der Waals surface area contributed by atoms with E-state index in [2.05, 4.69) is 15.1 Å². The Hall–Kier alpha value is -3.33. The van der Waals surface area contributed by atoms with E-state index < -0.39 is 16.1 Å². The molecule has 144 valence electrons. The molecule has 0 radical (unpaired) electrons. The molecule has 1 heterocycles. The molecule has 1 aromatic carbocycles. The molecule has 12 heteroatoms. The quantitative estimate of drug-likeness (QED) is 0.483. The van der Waals surface area contributed by atoms with E-state index in [9.17, 15) is 18.4 Å². The zero-order chi connectivity index (χ0) is 19.9. The maximum atomic E-state index is 12.1. The largest absolute Gasteiger partial charge is 0.485 e. The van der Waals surface area contributed by atoms with Crippen LogP contribution < -0.4 is 19.7 Å². The smallest absolute Gasteiger partial charge is 0.328 e. The highest BCUT2D eigenvalue weighted by atomic mass is 32.2. The SMILES string of the molecule is CCCCNC(=O)NS(=O)(=O)c1ccc(OCc2no[n+]([O-])c2C#N)cc1. The molecule has 0 spiro atoms. The van der Waals surface area contributed by atoms with E-state index in [1.165, 1.54) is 24.3 Å². The molecule has 0 bridgehead atoms. The van der Waals surface area contributed by atoms with Gasteiger partial charge in [-0.25, -0.2) is 17.9 Å². The summed E-state index contributed by atoms with van der Waals surface area (Å²) in [5.41, 5.74) is -0.318. The van der Waals surface area contributed by atoms with Crippen LogP contribution >= 0.6 is 0 Å². The molecular weight excluding hydrogens is 378 g/mol. The molecule has 0 fully saturated rings. The summed E-state index contributed by atoms with van der Waals surface area (Å²) >= 11 is 0. The minimum Gasteiger partial charge on any atom is -0.485 e. The van der Waals surface area contributed by atoms with Crippen molar-refractivity contribution < 1.29 is 27.5 Å². The summed E-state index contributed by atoms with van der Waals surface area (Å²) in [7, 11) is -4.02. The van der Waals surface area contributed by atoms with Gasteiger partial charge in [-0.05, 0) is 35.6 Å². The number of ether oxygens (including phenoxy) is 1. The molecule has 0 atom stereocenters. The molecule has 0 aliphatic heterocycles. The van der Waals surface area contributed by atoms with Crippen molar-refractivity contribution in [2.75, 3.05) is 6.54 Å². The number of urea groups is 1. The van der Waals surface area contributed by atoms with Crippen LogP contribution in [0.1, 0.15) is 31.2 Å². The van der Waals surface area contributed by atoms with E-state index in [1.54, 1.807) is 6.07 Å². The zero-order valence-corrected chi connectivity index (χ0v) is 15.2. The molecule has 11 nitrogen and oxygen atoms in total. The van der Waals surface area contributed by atoms with Gasteiger partial charge < -0.3 is 15.3 Å². The Labute approximate surface area is 155 Å². The third kappa shape index (κ3) is 5.32. The number of nitriles is 1. The van der Waals surface area contributed by atoms with Crippen molar-refractivity contribution in [1.82, 2.24) is 15.2 Å². The van der Waals surface area contributed by atoms with Gasteiger partial charge in [0, 0.05) is 11.7 Å². The lowest BCUT2D eigenvalue weighted by Gasteiger charge is -2.09. The van der Waals surface area contributed by atoms with Crippen molar-refractivity contribution >= 4 is 16.1 Å². The first-order chi connectivity index (χ1) is 12.9. The average molecular weight is 395 g/mol. The number of amides is 2. The molecule has 0 saturated heterocycles. The molecule has 1 aromatic heterocycles. The summed E-state index contributed by atoms with van der Waals surface area (Å²) in [6.07, 6.45) is 1.61. The van der Waals surface area contributed by atoms with Crippen molar-refractivity contribution in [3.8, 4) is 11.8 Å². The van der Waals surface area contributed by atoms with E-state index in [-0.39, 0.29) is 33.5 Å². The van der Waals surface area contributed by atoms with E-state index >= 15 is 0 Å². The molecule has 2 aromatic rings. The normalized spacial score (nSPS) is 10.8. The Morgan fingerprint density at radius 3 is 2.74 bits per heavy atom. The van der Waals surface area contributed by atoms with Crippen LogP contribution in [0, 0.1) is 16.5 Å². The maximum Gasteiger partial charge on any atom is 0.328 e. The summed E-state index contributed by atoms with van der Waals surface area (Å²) in [6, 6.07) is 6.05. The molecule has 2 N–H and O–H groups in total. The van der Waals surface area contributed by atoms with Gasteiger partial charge in [-0.2, -0.15) is 5.26 Å². The Kier molecular flexibility index (Phi) is 6.56. The van der Waals surface area contributed by atoms with E-state index in [1.807, 2.05) is 11.6 Å². The number of carbonyl (C=O) groups is 1. The minimum atomic E-state index is -4.02.